The molecule has 2 aromatic heterocycles. The van der Waals surface area contributed by atoms with Gasteiger partial charge in [0.05, 0.1) is 0 Å². The lowest BCUT2D eigenvalue weighted by atomic mass is 10.0. The average molecular weight is 522 g/mol. The first-order chi connectivity index (χ1) is 19.0. The van der Waals surface area contributed by atoms with E-state index in [0.717, 1.165) is 17.2 Å². The van der Waals surface area contributed by atoms with Gasteiger partial charge in [-0.25, -0.2) is 4.39 Å². The molecule has 0 radical (unpaired) electrons. The Labute approximate surface area is 223 Å². The lowest BCUT2D eigenvalue weighted by Crippen LogP contribution is -2.27. The molecule has 7 nitrogen and oxygen atoms in total. The molecule has 1 amide bonds. The number of carbonyl (C=O) groups excluding carboxylic acids is 1. The molecule has 194 valence electrons. The van der Waals surface area contributed by atoms with Crippen molar-refractivity contribution < 1.29 is 19.0 Å². The van der Waals surface area contributed by atoms with Crippen LogP contribution in [0.5, 0.6) is 11.5 Å². The van der Waals surface area contributed by atoms with E-state index < -0.39 is 17.3 Å². The maximum atomic E-state index is 15.0. The van der Waals surface area contributed by atoms with E-state index in [4.69, 9.17) is 9.84 Å². The lowest BCUT2D eigenvalue weighted by Gasteiger charge is -2.13. The van der Waals surface area contributed by atoms with E-state index in [1.807, 2.05) is 30.3 Å². The summed E-state index contributed by atoms with van der Waals surface area (Å²) in [4.78, 5) is 30.0. The third-order valence-electron chi connectivity index (χ3n) is 6.08. The topological polar surface area (TPSA) is 93.4 Å². The Kier molecular flexibility index (Phi) is 7.56. The number of nitrogens with zero attached hydrogens (tertiary/aromatic N) is 2. The Hall–Kier alpha value is -5.08. The van der Waals surface area contributed by atoms with Gasteiger partial charge in [-0.15, -0.1) is 0 Å². The normalized spacial score (nSPS) is 10.7. The van der Waals surface area contributed by atoms with Crippen molar-refractivity contribution in [2.24, 2.45) is 0 Å². The summed E-state index contributed by atoms with van der Waals surface area (Å²) in [5.74, 6) is -0.979. The smallest absolute Gasteiger partial charge is 0.267 e. The number of aliphatic hydroxyl groups excluding tert-OH is 1. The number of rotatable bonds is 8. The first-order valence-electron chi connectivity index (χ1n) is 12.2. The fourth-order valence-electron chi connectivity index (χ4n) is 4.10. The standard InChI is InChI=1S/C31H24FN3O4/c32-27-19-23(34-30(37)25-7-4-17-35(31(25)38)24-5-2-1-3-6-24)12-13-29(27)39-28-14-16-33-20-26(28)22-10-8-21(9-11-22)15-18-36/h1-14,16-17,19-20,36H,15,18H2,(H,34,37). The van der Waals surface area contributed by atoms with Gasteiger partial charge in [0.1, 0.15) is 11.3 Å². The minimum Gasteiger partial charge on any atom is -0.454 e. The summed E-state index contributed by atoms with van der Waals surface area (Å²) in [6.45, 7) is 0.0629. The van der Waals surface area contributed by atoms with Crippen LogP contribution in [0.2, 0.25) is 0 Å². The van der Waals surface area contributed by atoms with Crippen molar-refractivity contribution in [3.05, 3.63) is 137 Å². The number of hydrogen-bond acceptors (Lipinski definition) is 5. The molecule has 8 heteroatoms. The molecule has 0 fully saturated rings. The summed E-state index contributed by atoms with van der Waals surface area (Å²) >= 11 is 0. The molecule has 0 atom stereocenters. The van der Waals surface area contributed by atoms with Crippen molar-refractivity contribution in [1.29, 1.82) is 0 Å². The third-order valence-corrected chi connectivity index (χ3v) is 6.08. The molecule has 0 aliphatic carbocycles. The molecule has 5 rings (SSSR count). The summed E-state index contributed by atoms with van der Waals surface area (Å²) in [5, 5.41) is 11.7. The van der Waals surface area contributed by atoms with Crippen LogP contribution in [-0.4, -0.2) is 27.2 Å². The van der Waals surface area contributed by atoms with E-state index in [1.165, 1.54) is 22.8 Å². The Morgan fingerprint density at radius 3 is 2.49 bits per heavy atom. The maximum absolute atomic E-state index is 15.0. The Balaban J connectivity index is 1.34. The van der Waals surface area contributed by atoms with Crippen LogP contribution in [-0.2, 0) is 6.42 Å². The molecule has 0 spiro atoms. The molecule has 0 aliphatic rings. The highest BCUT2D eigenvalue weighted by molar-refractivity contribution is 6.04. The van der Waals surface area contributed by atoms with Crippen LogP contribution in [0.15, 0.2) is 114 Å². The van der Waals surface area contributed by atoms with Crippen molar-refractivity contribution in [2.75, 3.05) is 11.9 Å². The van der Waals surface area contributed by atoms with Crippen LogP contribution in [0.4, 0.5) is 10.1 Å². The van der Waals surface area contributed by atoms with E-state index in [1.54, 1.807) is 55.0 Å². The van der Waals surface area contributed by atoms with Gasteiger partial charge in [-0.05, 0) is 60.0 Å². The molecular weight excluding hydrogens is 497 g/mol. The van der Waals surface area contributed by atoms with E-state index in [2.05, 4.69) is 10.3 Å². The zero-order valence-electron chi connectivity index (χ0n) is 20.8. The van der Waals surface area contributed by atoms with Gasteiger partial charge in [0.15, 0.2) is 11.6 Å². The van der Waals surface area contributed by atoms with Crippen LogP contribution >= 0.6 is 0 Å². The van der Waals surface area contributed by atoms with E-state index in [-0.39, 0.29) is 23.6 Å². The van der Waals surface area contributed by atoms with Gasteiger partial charge in [-0.1, -0.05) is 42.5 Å². The van der Waals surface area contributed by atoms with Crippen molar-refractivity contribution >= 4 is 11.6 Å². The summed E-state index contributed by atoms with van der Waals surface area (Å²) in [6, 6.07) is 25.2. The van der Waals surface area contributed by atoms with Gasteiger partial charge >= 0.3 is 0 Å². The summed E-state index contributed by atoms with van der Waals surface area (Å²) in [7, 11) is 0. The van der Waals surface area contributed by atoms with Gasteiger partial charge in [0.25, 0.3) is 11.5 Å². The van der Waals surface area contributed by atoms with Gasteiger partial charge in [0, 0.05) is 48.2 Å². The molecule has 5 aromatic rings. The number of carbonyl (C=O) groups is 1. The van der Waals surface area contributed by atoms with Crippen molar-refractivity contribution in [2.45, 2.75) is 6.42 Å². The molecule has 2 heterocycles. The van der Waals surface area contributed by atoms with Crippen molar-refractivity contribution in [3.63, 3.8) is 0 Å². The number of ether oxygens (including phenoxy) is 1. The van der Waals surface area contributed by atoms with Gasteiger partial charge in [-0.3, -0.25) is 19.1 Å². The van der Waals surface area contributed by atoms with Crippen molar-refractivity contribution in [3.8, 4) is 28.3 Å². The number of hydrogen-bond donors (Lipinski definition) is 2. The third kappa shape index (κ3) is 5.76. The van der Waals surface area contributed by atoms with Crippen LogP contribution < -0.4 is 15.6 Å². The van der Waals surface area contributed by atoms with Crippen LogP contribution in [0.25, 0.3) is 16.8 Å². The van der Waals surface area contributed by atoms with Crippen LogP contribution in [0.1, 0.15) is 15.9 Å². The van der Waals surface area contributed by atoms with E-state index in [0.29, 0.717) is 23.4 Å². The van der Waals surface area contributed by atoms with Crippen LogP contribution in [0, 0.1) is 5.82 Å². The molecule has 2 N–H and O–H groups in total. The van der Waals surface area contributed by atoms with Gasteiger partial charge in [0.2, 0.25) is 0 Å². The summed E-state index contributed by atoms with van der Waals surface area (Å²) < 4.78 is 22.3. The second-order valence-corrected chi connectivity index (χ2v) is 8.68. The molecule has 0 aliphatic heterocycles. The lowest BCUT2D eigenvalue weighted by molar-refractivity contribution is 0.102. The molecule has 39 heavy (non-hydrogen) atoms. The number of amides is 1. The number of pyridine rings is 2. The first kappa shape index (κ1) is 25.6. The molecular formula is C31H24FN3O4. The zero-order valence-corrected chi connectivity index (χ0v) is 20.8. The highest BCUT2D eigenvalue weighted by Crippen LogP contribution is 2.34. The minimum atomic E-state index is -0.691. The number of aliphatic hydroxyl groups is 1. The SMILES string of the molecule is O=C(Nc1ccc(Oc2ccncc2-c2ccc(CCO)cc2)c(F)c1)c1cccn(-c2ccccc2)c1=O. The Morgan fingerprint density at radius 2 is 1.74 bits per heavy atom. The highest BCUT2D eigenvalue weighted by atomic mass is 19.1. The molecule has 0 saturated heterocycles. The summed E-state index contributed by atoms with van der Waals surface area (Å²) in [5.41, 5.74) is 2.72. The number of benzene rings is 3. The predicted octanol–water partition coefficient (Wildman–Crippen LogP) is 5.62. The largest absolute Gasteiger partial charge is 0.454 e. The number of aromatic nitrogens is 2. The number of nitrogens with one attached hydrogen (secondary N) is 1. The fourth-order valence-corrected chi connectivity index (χ4v) is 4.10. The predicted molar refractivity (Wildman–Crippen MR) is 147 cm³/mol. The quantitative estimate of drug-likeness (QED) is 0.277. The second-order valence-electron chi connectivity index (χ2n) is 8.68. The Bertz CT molecular complexity index is 1670. The molecule has 3 aromatic carbocycles. The van der Waals surface area contributed by atoms with E-state index >= 15 is 4.39 Å². The summed E-state index contributed by atoms with van der Waals surface area (Å²) in [6.07, 6.45) is 5.31. The minimum absolute atomic E-state index is 0.0384. The number of anilines is 1. The van der Waals surface area contributed by atoms with Crippen molar-refractivity contribution in [1.82, 2.24) is 9.55 Å². The molecule has 0 bridgehead atoms. The number of halogens is 1. The van der Waals surface area contributed by atoms with E-state index in [9.17, 15) is 9.59 Å². The zero-order chi connectivity index (χ0) is 27.2. The maximum Gasteiger partial charge on any atom is 0.267 e. The number of para-hydroxylation sites is 1. The van der Waals surface area contributed by atoms with Gasteiger partial charge < -0.3 is 15.2 Å². The van der Waals surface area contributed by atoms with Crippen LogP contribution in [0.3, 0.4) is 0 Å². The molecule has 0 unspecified atom stereocenters. The average Bonchev–Trinajstić information content (AvgIpc) is 2.96. The van der Waals surface area contributed by atoms with Gasteiger partial charge in [-0.2, -0.15) is 0 Å². The molecule has 0 saturated carbocycles. The second kappa shape index (κ2) is 11.5. The monoisotopic (exact) mass is 521 g/mol. The Morgan fingerprint density at radius 1 is 0.949 bits per heavy atom. The highest BCUT2D eigenvalue weighted by Gasteiger charge is 2.16. The fraction of sp³-hybridized carbons (Fsp3) is 0.0645. The first-order valence-corrected chi connectivity index (χ1v) is 12.2.